The highest BCUT2D eigenvalue weighted by Crippen LogP contribution is 2.39. The first-order valence-electron chi connectivity index (χ1n) is 14.9. The van der Waals surface area contributed by atoms with Gasteiger partial charge < -0.3 is 30.1 Å². The van der Waals surface area contributed by atoms with Crippen molar-refractivity contribution in [2.45, 2.75) is 50.7 Å². The molecule has 1 aromatic heterocycles. The van der Waals surface area contributed by atoms with Crippen LogP contribution in [0.15, 0.2) is 60.8 Å². The van der Waals surface area contributed by atoms with E-state index in [1.54, 1.807) is 13.3 Å². The van der Waals surface area contributed by atoms with Gasteiger partial charge in [0.25, 0.3) is 11.8 Å². The van der Waals surface area contributed by atoms with Crippen LogP contribution in [-0.2, 0) is 0 Å². The highest BCUT2D eigenvalue weighted by Gasteiger charge is 2.42. The van der Waals surface area contributed by atoms with Crippen LogP contribution in [0.2, 0.25) is 0 Å². The molecule has 3 fully saturated rings. The van der Waals surface area contributed by atoms with E-state index in [1.807, 2.05) is 49.4 Å². The van der Waals surface area contributed by atoms with Gasteiger partial charge >= 0.3 is 0 Å². The Bertz CT molecular complexity index is 1400. The van der Waals surface area contributed by atoms with Crippen LogP contribution >= 0.6 is 0 Å². The van der Waals surface area contributed by atoms with Crippen molar-refractivity contribution in [3.8, 4) is 5.75 Å². The van der Waals surface area contributed by atoms with Crippen molar-refractivity contribution in [3.63, 3.8) is 0 Å². The number of hydrogen-bond acceptors (Lipinski definition) is 7. The molecular formula is C33H40N6O3. The number of hydrogen-bond donors (Lipinski definition) is 2. The Balaban J connectivity index is 1.05. The van der Waals surface area contributed by atoms with Crippen LogP contribution in [0.1, 0.15) is 52.0 Å². The lowest BCUT2D eigenvalue weighted by atomic mass is 9.96. The number of aromatic nitrogens is 1. The lowest BCUT2D eigenvalue weighted by Crippen LogP contribution is -2.50. The van der Waals surface area contributed by atoms with Gasteiger partial charge in [0.15, 0.2) is 0 Å². The van der Waals surface area contributed by atoms with Crippen LogP contribution < -0.4 is 25.2 Å². The van der Waals surface area contributed by atoms with Crippen molar-refractivity contribution in [1.29, 1.82) is 0 Å². The predicted molar refractivity (Wildman–Crippen MR) is 166 cm³/mol. The molecule has 4 heterocycles. The maximum Gasteiger partial charge on any atom is 0.257 e. The summed E-state index contributed by atoms with van der Waals surface area (Å²) < 4.78 is 5.39. The maximum absolute atomic E-state index is 13.1. The standard InChI is InChI=1S/C33H40N6O3/c1-22-29(5-4-6-30(22)42-3)33(41)36-25-19-27-12-13-28(20-25)39(27)31-14-7-23(21-34-31)32(40)35-24-8-10-26(11-9-24)38-17-15-37(2)16-18-38/h4-11,14,21,25,27-28H,12-13,15-20H2,1-3H3,(H,35,40)(H,36,41)/t25?,27-,28+. The van der Waals surface area contributed by atoms with Crippen LogP contribution in [0.3, 0.4) is 0 Å². The number of piperazine rings is 1. The Morgan fingerprint density at radius 1 is 0.905 bits per heavy atom. The number of benzene rings is 2. The van der Waals surface area contributed by atoms with Crippen LogP contribution in [0.25, 0.3) is 0 Å². The molecule has 2 amide bonds. The summed E-state index contributed by atoms with van der Waals surface area (Å²) >= 11 is 0. The average Bonchev–Trinajstić information content (AvgIpc) is 3.27. The number of ether oxygens (including phenoxy) is 1. The van der Waals surface area contributed by atoms with Gasteiger partial charge in [-0.15, -0.1) is 0 Å². The number of likely N-dealkylation sites (N-methyl/N-ethyl adjacent to an activating group) is 1. The van der Waals surface area contributed by atoms with Crippen LogP contribution in [0.5, 0.6) is 5.75 Å². The Labute approximate surface area is 247 Å². The number of nitrogens with zero attached hydrogens (tertiary/aromatic N) is 4. The molecule has 2 N–H and O–H groups in total. The van der Waals surface area contributed by atoms with Crippen molar-refractivity contribution in [2.24, 2.45) is 0 Å². The summed E-state index contributed by atoms with van der Waals surface area (Å²) in [6.07, 6.45) is 5.56. The topological polar surface area (TPSA) is 90.0 Å². The van der Waals surface area contributed by atoms with Gasteiger partial charge in [0.05, 0.1) is 12.7 Å². The van der Waals surface area contributed by atoms with Crippen molar-refractivity contribution < 1.29 is 14.3 Å². The second-order valence-electron chi connectivity index (χ2n) is 11.8. The lowest BCUT2D eigenvalue weighted by Gasteiger charge is -2.40. The molecule has 3 aliphatic rings. The zero-order valence-corrected chi connectivity index (χ0v) is 24.7. The van der Waals surface area contributed by atoms with Crippen LogP contribution in [0, 0.1) is 6.92 Å². The van der Waals surface area contributed by atoms with Crippen LogP contribution in [-0.4, -0.2) is 80.2 Å². The quantitative estimate of drug-likeness (QED) is 0.439. The van der Waals surface area contributed by atoms with Crippen molar-refractivity contribution in [1.82, 2.24) is 15.2 Å². The van der Waals surface area contributed by atoms with Crippen molar-refractivity contribution in [3.05, 3.63) is 77.5 Å². The molecule has 1 unspecified atom stereocenters. The fourth-order valence-corrected chi connectivity index (χ4v) is 6.71. The number of piperidine rings is 1. The summed E-state index contributed by atoms with van der Waals surface area (Å²) in [5, 5.41) is 6.28. The third kappa shape index (κ3) is 5.79. The van der Waals surface area contributed by atoms with E-state index in [9.17, 15) is 9.59 Å². The zero-order chi connectivity index (χ0) is 29.2. The van der Waals surface area contributed by atoms with E-state index < -0.39 is 0 Å². The fourth-order valence-electron chi connectivity index (χ4n) is 6.71. The number of rotatable bonds is 7. The van der Waals surface area contributed by atoms with Gasteiger partial charge in [-0.25, -0.2) is 4.98 Å². The smallest absolute Gasteiger partial charge is 0.257 e. The van der Waals surface area contributed by atoms with Gasteiger partial charge in [-0.2, -0.15) is 0 Å². The largest absolute Gasteiger partial charge is 0.496 e. The SMILES string of the molecule is COc1cccc(C(=O)NC2C[C@H]3CC[C@@H](C2)N3c2ccc(C(=O)Nc3ccc(N4CCN(C)CC4)cc3)cn2)c1C. The molecule has 3 atom stereocenters. The number of anilines is 3. The summed E-state index contributed by atoms with van der Waals surface area (Å²) in [5.74, 6) is 1.40. The third-order valence-corrected chi connectivity index (χ3v) is 9.09. The molecule has 3 aromatic rings. The molecule has 220 valence electrons. The van der Waals surface area contributed by atoms with E-state index in [1.165, 1.54) is 5.69 Å². The van der Waals surface area contributed by atoms with Crippen molar-refractivity contribution in [2.75, 3.05) is 55.5 Å². The van der Waals surface area contributed by atoms with Gasteiger partial charge in [-0.3, -0.25) is 9.59 Å². The molecule has 3 saturated heterocycles. The van der Waals surface area contributed by atoms with Crippen molar-refractivity contribution >= 4 is 29.0 Å². The molecular weight excluding hydrogens is 528 g/mol. The molecule has 2 bridgehead atoms. The highest BCUT2D eigenvalue weighted by molar-refractivity contribution is 6.04. The maximum atomic E-state index is 13.1. The number of methoxy groups -OCH3 is 1. The monoisotopic (exact) mass is 568 g/mol. The second-order valence-corrected chi connectivity index (χ2v) is 11.8. The highest BCUT2D eigenvalue weighted by atomic mass is 16.5. The molecule has 9 nitrogen and oxygen atoms in total. The molecule has 0 aliphatic carbocycles. The normalized spacial score (nSPS) is 22.1. The molecule has 0 radical (unpaired) electrons. The van der Waals surface area contributed by atoms with Gasteiger partial charge in [-0.1, -0.05) is 6.07 Å². The van der Waals surface area contributed by atoms with Gasteiger partial charge in [-0.05, 0) is 88.2 Å². The van der Waals surface area contributed by atoms with Gasteiger partial charge in [0.1, 0.15) is 11.6 Å². The molecule has 42 heavy (non-hydrogen) atoms. The summed E-state index contributed by atoms with van der Waals surface area (Å²) in [7, 11) is 3.77. The predicted octanol–water partition coefficient (Wildman–Crippen LogP) is 4.33. The Kier molecular flexibility index (Phi) is 8.02. The average molecular weight is 569 g/mol. The molecule has 9 heteroatoms. The minimum Gasteiger partial charge on any atom is -0.496 e. The summed E-state index contributed by atoms with van der Waals surface area (Å²) in [4.78, 5) is 37.9. The Morgan fingerprint density at radius 2 is 1.62 bits per heavy atom. The second kappa shape index (κ2) is 12.0. The van der Waals surface area contributed by atoms with E-state index in [2.05, 4.69) is 44.5 Å². The lowest BCUT2D eigenvalue weighted by molar-refractivity contribution is 0.0925. The minimum absolute atomic E-state index is 0.0493. The Hall–Kier alpha value is -4.11. The number of carbonyl (C=O) groups excluding carboxylic acids is 2. The zero-order valence-electron chi connectivity index (χ0n) is 24.7. The first kappa shape index (κ1) is 28.0. The Morgan fingerprint density at radius 3 is 2.26 bits per heavy atom. The van der Waals surface area contributed by atoms with E-state index in [0.29, 0.717) is 23.2 Å². The number of amides is 2. The van der Waals surface area contributed by atoms with E-state index in [4.69, 9.17) is 9.72 Å². The van der Waals surface area contributed by atoms with E-state index in [0.717, 1.165) is 74.7 Å². The number of pyridine rings is 1. The minimum atomic E-state index is -0.168. The molecule has 2 aromatic carbocycles. The number of nitrogens with one attached hydrogen (secondary N) is 2. The number of carbonyl (C=O) groups is 2. The van der Waals surface area contributed by atoms with E-state index in [-0.39, 0.29) is 17.9 Å². The first-order chi connectivity index (χ1) is 20.4. The molecule has 0 spiro atoms. The van der Waals surface area contributed by atoms with E-state index >= 15 is 0 Å². The summed E-state index contributed by atoms with van der Waals surface area (Å²) in [6.45, 7) is 6.05. The number of fused-ring (bicyclic) bond motifs is 2. The summed E-state index contributed by atoms with van der Waals surface area (Å²) in [5.41, 5.74) is 4.00. The third-order valence-electron chi connectivity index (χ3n) is 9.09. The van der Waals surface area contributed by atoms with Gasteiger partial charge in [0.2, 0.25) is 0 Å². The molecule has 0 saturated carbocycles. The molecule has 6 rings (SSSR count). The fraction of sp³-hybridized carbons (Fsp3) is 0.424. The summed E-state index contributed by atoms with van der Waals surface area (Å²) in [6, 6.07) is 18.2. The first-order valence-corrected chi connectivity index (χ1v) is 14.9. The van der Waals surface area contributed by atoms with Crippen LogP contribution in [0.4, 0.5) is 17.2 Å². The molecule has 3 aliphatic heterocycles. The van der Waals surface area contributed by atoms with Gasteiger partial charge in [0, 0.05) is 73.0 Å².